The highest BCUT2D eigenvalue weighted by Gasteiger charge is 2.28. The topological polar surface area (TPSA) is 0 Å². The number of alkyl halides is 4. The minimum Gasteiger partial charge on any atom is -0.210 e. The first-order chi connectivity index (χ1) is 8.59. The molecule has 0 aliphatic rings. The number of halogens is 4. The van der Waals surface area contributed by atoms with Gasteiger partial charge in [0.05, 0.1) is 5.92 Å². The third-order valence-corrected chi connectivity index (χ3v) is 3.29. The summed E-state index contributed by atoms with van der Waals surface area (Å²) >= 11 is 0. The molecule has 0 saturated heterocycles. The molecule has 110 valence electrons. The minimum atomic E-state index is -2.89. The van der Waals surface area contributed by atoms with Crippen molar-refractivity contribution in [2.45, 2.75) is 84.0 Å². The summed E-state index contributed by atoms with van der Waals surface area (Å²) in [7, 11) is 0. The molecule has 0 spiro atoms. The molecule has 0 aliphatic heterocycles. The van der Waals surface area contributed by atoms with Crippen molar-refractivity contribution in [1.29, 1.82) is 0 Å². The Morgan fingerprint density at radius 1 is 0.611 bits per heavy atom. The third kappa shape index (κ3) is 9.72. The number of hydrogen-bond acceptors (Lipinski definition) is 0. The fourth-order valence-corrected chi connectivity index (χ4v) is 2.05. The quantitative estimate of drug-likeness (QED) is 0.299. The molecule has 0 bridgehead atoms. The summed E-state index contributed by atoms with van der Waals surface area (Å²) in [6, 6.07) is 0. The van der Waals surface area contributed by atoms with Crippen molar-refractivity contribution < 1.29 is 17.6 Å². The summed E-state index contributed by atoms with van der Waals surface area (Å²) in [6.45, 7) is 2.17. The van der Waals surface area contributed by atoms with E-state index in [0.717, 1.165) is 19.3 Å². The zero-order chi connectivity index (χ0) is 13.8. The van der Waals surface area contributed by atoms with E-state index >= 15 is 0 Å². The summed E-state index contributed by atoms with van der Waals surface area (Å²) in [4.78, 5) is 0. The van der Waals surface area contributed by atoms with E-state index in [-0.39, 0.29) is 6.42 Å². The van der Waals surface area contributed by atoms with Gasteiger partial charge in [-0.15, -0.1) is 0 Å². The van der Waals surface area contributed by atoms with Crippen molar-refractivity contribution in [3.8, 4) is 0 Å². The number of hydrogen-bond donors (Lipinski definition) is 0. The average molecular weight is 270 g/mol. The molecule has 0 nitrogen and oxygen atoms in total. The van der Waals surface area contributed by atoms with Crippen LogP contribution in [0.25, 0.3) is 0 Å². The van der Waals surface area contributed by atoms with E-state index in [4.69, 9.17) is 0 Å². The lowest BCUT2D eigenvalue weighted by molar-refractivity contribution is -0.0314. The van der Waals surface area contributed by atoms with E-state index in [2.05, 4.69) is 6.92 Å². The van der Waals surface area contributed by atoms with Gasteiger partial charge in [0.2, 0.25) is 12.9 Å². The first-order valence-electron chi connectivity index (χ1n) is 7.15. The molecule has 0 amide bonds. The minimum absolute atomic E-state index is 0.0504. The SMILES string of the molecule is CCCCCCCCCCCC(C(F)F)C(F)F. The molecule has 0 N–H and O–H groups in total. The highest BCUT2D eigenvalue weighted by atomic mass is 19.3. The second-order valence-electron chi connectivity index (χ2n) is 4.95. The maximum absolute atomic E-state index is 12.2. The second-order valence-corrected chi connectivity index (χ2v) is 4.95. The van der Waals surface area contributed by atoms with E-state index in [9.17, 15) is 17.6 Å². The van der Waals surface area contributed by atoms with Crippen molar-refractivity contribution >= 4 is 0 Å². The van der Waals surface area contributed by atoms with Crippen LogP contribution in [0.1, 0.15) is 71.1 Å². The predicted molar refractivity (Wildman–Crippen MR) is 67.3 cm³/mol. The van der Waals surface area contributed by atoms with Crippen LogP contribution in [0.15, 0.2) is 0 Å². The Labute approximate surface area is 108 Å². The van der Waals surface area contributed by atoms with Crippen LogP contribution >= 0.6 is 0 Å². The molecule has 0 aromatic heterocycles. The maximum atomic E-state index is 12.2. The third-order valence-electron chi connectivity index (χ3n) is 3.29. The molecule has 0 fully saturated rings. The molecule has 0 aromatic carbocycles. The molecule has 0 atom stereocenters. The van der Waals surface area contributed by atoms with E-state index in [1.165, 1.54) is 32.1 Å². The molecule has 0 heterocycles. The Hall–Kier alpha value is -0.280. The molecular formula is C14H26F4. The maximum Gasteiger partial charge on any atom is 0.246 e. The lowest BCUT2D eigenvalue weighted by atomic mass is 10.0. The van der Waals surface area contributed by atoms with Crippen molar-refractivity contribution in [3.63, 3.8) is 0 Å². The van der Waals surface area contributed by atoms with Crippen LogP contribution in [0.2, 0.25) is 0 Å². The largest absolute Gasteiger partial charge is 0.246 e. The molecule has 0 unspecified atom stereocenters. The summed E-state index contributed by atoms with van der Waals surface area (Å²) in [6.07, 6.45) is 3.69. The van der Waals surface area contributed by atoms with Gasteiger partial charge in [0, 0.05) is 0 Å². The van der Waals surface area contributed by atoms with Gasteiger partial charge >= 0.3 is 0 Å². The van der Waals surface area contributed by atoms with Crippen LogP contribution in [0.3, 0.4) is 0 Å². The Kier molecular flexibility index (Phi) is 11.6. The molecule has 0 radical (unpaired) electrons. The van der Waals surface area contributed by atoms with Crippen molar-refractivity contribution in [1.82, 2.24) is 0 Å². The van der Waals surface area contributed by atoms with Gasteiger partial charge in [-0.25, -0.2) is 17.6 Å². The van der Waals surface area contributed by atoms with Gasteiger partial charge < -0.3 is 0 Å². The van der Waals surface area contributed by atoms with Crippen LogP contribution in [-0.2, 0) is 0 Å². The van der Waals surface area contributed by atoms with E-state index in [1.807, 2.05) is 0 Å². The normalized spacial score (nSPS) is 12.0. The Morgan fingerprint density at radius 2 is 1.00 bits per heavy atom. The van der Waals surface area contributed by atoms with E-state index in [0.29, 0.717) is 6.42 Å². The van der Waals surface area contributed by atoms with Gasteiger partial charge in [-0.05, 0) is 6.42 Å². The average Bonchev–Trinajstić information content (AvgIpc) is 2.30. The highest BCUT2D eigenvalue weighted by Crippen LogP contribution is 2.24. The Morgan fingerprint density at radius 3 is 1.39 bits per heavy atom. The zero-order valence-electron chi connectivity index (χ0n) is 11.3. The summed E-state index contributed by atoms with van der Waals surface area (Å²) < 4.78 is 48.9. The van der Waals surface area contributed by atoms with Crippen molar-refractivity contribution in [2.75, 3.05) is 0 Å². The predicted octanol–water partition coefficient (Wildman–Crippen LogP) is 6.05. The molecule has 0 aliphatic carbocycles. The van der Waals surface area contributed by atoms with Crippen LogP contribution in [0.4, 0.5) is 17.6 Å². The van der Waals surface area contributed by atoms with E-state index < -0.39 is 18.8 Å². The van der Waals surface area contributed by atoms with Crippen LogP contribution in [0.5, 0.6) is 0 Å². The van der Waals surface area contributed by atoms with Gasteiger partial charge in [-0.1, -0.05) is 64.7 Å². The van der Waals surface area contributed by atoms with Crippen LogP contribution in [0, 0.1) is 5.92 Å². The van der Waals surface area contributed by atoms with Crippen LogP contribution < -0.4 is 0 Å². The monoisotopic (exact) mass is 270 g/mol. The number of rotatable bonds is 12. The highest BCUT2D eigenvalue weighted by molar-refractivity contribution is 4.64. The van der Waals surface area contributed by atoms with E-state index in [1.54, 1.807) is 0 Å². The lowest BCUT2D eigenvalue weighted by Gasteiger charge is -2.14. The lowest BCUT2D eigenvalue weighted by Crippen LogP contribution is -2.19. The van der Waals surface area contributed by atoms with Gasteiger partial charge in [-0.3, -0.25) is 0 Å². The molecular weight excluding hydrogens is 244 g/mol. The molecule has 0 saturated carbocycles. The first kappa shape index (κ1) is 17.7. The molecule has 0 aromatic rings. The summed E-state index contributed by atoms with van der Waals surface area (Å²) in [5.74, 6) is -1.73. The van der Waals surface area contributed by atoms with Crippen molar-refractivity contribution in [2.24, 2.45) is 5.92 Å². The van der Waals surface area contributed by atoms with Crippen molar-refractivity contribution in [3.05, 3.63) is 0 Å². The fraction of sp³-hybridized carbons (Fsp3) is 1.00. The Bertz CT molecular complexity index is 163. The first-order valence-corrected chi connectivity index (χ1v) is 7.15. The van der Waals surface area contributed by atoms with Gasteiger partial charge in [-0.2, -0.15) is 0 Å². The molecule has 0 rings (SSSR count). The fourth-order valence-electron chi connectivity index (χ4n) is 2.05. The summed E-state index contributed by atoms with van der Waals surface area (Å²) in [5.41, 5.74) is 0. The Balaban J connectivity index is 3.33. The smallest absolute Gasteiger partial charge is 0.210 e. The van der Waals surface area contributed by atoms with Gasteiger partial charge in [0.1, 0.15) is 0 Å². The molecule has 4 heteroatoms. The van der Waals surface area contributed by atoms with Gasteiger partial charge in [0.25, 0.3) is 0 Å². The van der Waals surface area contributed by atoms with Crippen LogP contribution in [-0.4, -0.2) is 12.9 Å². The summed E-state index contributed by atoms with van der Waals surface area (Å²) in [5, 5.41) is 0. The molecule has 18 heavy (non-hydrogen) atoms. The standard InChI is InChI=1S/C14H26F4/c1-2-3-4-5-6-7-8-9-10-11-12(13(15)16)14(17)18/h12-14H,2-11H2,1H3. The number of unbranched alkanes of at least 4 members (excludes halogenated alkanes) is 8. The van der Waals surface area contributed by atoms with Gasteiger partial charge in [0.15, 0.2) is 0 Å². The zero-order valence-corrected chi connectivity index (χ0v) is 11.3. The second kappa shape index (κ2) is 11.8.